The van der Waals surface area contributed by atoms with Crippen molar-refractivity contribution in [3.05, 3.63) is 33.8 Å². The second-order valence-corrected chi connectivity index (χ2v) is 4.30. The van der Waals surface area contributed by atoms with Gasteiger partial charge in [0.25, 0.3) is 0 Å². The Balaban J connectivity index is 2.29. The molecule has 0 bridgehead atoms. The number of hydrogen-bond donors (Lipinski definition) is 2. The van der Waals surface area contributed by atoms with Gasteiger partial charge in [-0.1, -0.05) is 22.0 Å². The number of rotatable bonds is 1. The first-order valence-corrected chi connectivity index (χ1v) is 5.19. The van der Waals surface area contributed by atoms with E-state index in [-0.39, 0.29) is 0 Å². The van der Waals surface area contributed by atoms with Gasteiger partial charge < -0.3 is 10.4 Å². The monoisotopic (exact) mass is 255 g/mol. The molecule has 0 amide bonds. The average molecular weight is 256 g/mol. The minimum Gasteiger partial charge on any atom is -0.480 e. The maximum absolute atomic E-state index is 10.8. The zero-order chi connectivity index (χ0) is 10.1. The van der Waals surface area contributed by atoms with Crippen LogP contribution in [0.25, 0.3) is 0 Å². The summed E-state index contributed by atoms with van der Waals surface area (Å²) in [4.78, 5) is 10.8. The second kappa shape index (κ2) is 3.71. The number of halogens is 1. The molecule has 0 fully saturated rings. The summed E-state index contributed by atoms with van der Waals surface area (Å²) in [5.41, 5.74) is 2.30. The largest absolute Gasteiger partial charge is 0.480 e. The van der Waals surface area contributed by atoms with Crippen LogP contribution in [0.4, 0.5) is 0 Å². The third kappa shape index (κ3) is 1.81. The number of aliphatic carboxylic acids is 1. The van der Waals surface area contributed by atoms with Crippen molar-refractivity contribution in [2.45, 2.75) is 19.0 Å². The lowest BCUT2D eigenvalue weighted by Crippen LogP contribution is -2.41. The lowest BCUT2D eigenvalue weighted by Gasteiger charge is -2.23. The summed E-state index contributed by atoms with van der Waals surface area (Å²) in [6.07, 6.45) is 0.560. The first-order valence-electron chi connectivity index (χ1n) is 4.40. The van der Waals surface area contributed by atoms with E-state index < -0.39 is 12.0 Å². The lowest BCUT2D eigenvalue weighted by atomic mass is 9.96. The molecular weight excluding hydrogens is 246 g/mol. The Kier molecular flexibility index (Phi) is 2.56. The number of carbonyl (C=O) groups is 1. The SMILES string of the molecule is O=C(O)[C@@H]1Cc2cc(Br)ccc2CN1. The van der Waals surface area contributed by atoms with Crippen LogP contribution in [-0.2, 0) is 17.8 Å². The Hall–Kier alpha value is -0.870. The summed E-state index contributed by atoms with van der Waals surface area (Å²) in [6.45, 7) is 0.638. The molecule has 3 nitrogen and oxygen atoms in total. The van der Waals surface area contributed by atoms with E-state index in [9.17, 15) is 4.79 Å². The van der Waals surface area contributed by atoms with E-state index in [4.69, 9.17) is 5.11 Å². The summed E-state index contributed by atoms with van der Waals surface area (Å²) < 4.78 is 1.00. The molecule has 2 N–H and O–H groups in total. The van der Waals surface area contributed by atoms with Gasteiger partial charge in [0.2, 0.25) is 0 Å². The minimum atomic E-state index is -0.782. The summed E-state index contributed by atoms with van der Waals surface area (Å²) in [5, 5.41) is 11.8. The van der Waals surface area contributed by atoms with Gasteiger partial charge in [0.05, 0.1) is 0 Å². The molecule has 0 aliphatic carbocycles. The first kappa shape index (κ1) is 9.68. The number of nitrogens with one attached hydrogen (secondary N) is 1. The maximum atomic E-state index is 10.8. The van der Waals surface area contributed by atoms with Crippen LogP contribution in [0.5, 0.6) is 0 Å². The fraction of sp³-hybridized carbons (Fsp3) is 0.300. The molecule has 0 aromatic heterocycles. The lowest BCUT2D eigenvalue weighted by molar-refractivity contribution is -0.139. The smallest absolute Gasteiger partial charge is 0.321 e. The summed E-state index contributed by atoms with van der Waals surface area (Å²) in [7, 11) is 0. The van der Waals surface area contributed by atoms with Crippen molar-refractivity contribution in [1.82, 2.24) is 5.32 Å². The summed E-state index contributed by atoms with van der Waals surface area (Å²) >= 11 is 3.38. The van der Waals surface area contributed by atoms with Crippen LogP contribution >= 0.6 is 15.9 Å². The minimum absolute atomic E-state index is 0.447. The highest BCUT2D eigenvalue weighted by Gasteiger charge is 2.23. The van der Waals surface area contributed by atoms with Gasteiger partial charge in [-0.2, -0.15) is 0 Å². The molecule has 1 aromatic carbocycles. The van der Waals surface area contributed by atoms with Crippen molar-refractivity contribution in [2.75, 3.05) is 0 Å². The van der Waals surface area contributed by atoms with Crippen molar-refractivity contribution in [3.63, 3.8) is 0 Å². The normalized spacial score (nSPS) is 20.2. The number of carboxylic acids is 1. The van der Waals surface area contributed by atoms with Gasteiger partial charge in [0.15, 0.2) is 0 Å². The van der Waals surface area contributed by atoms with E-state index in [1.54, 1.807) is 0 Å². The number of hydrogen-bond acceptors (Lipinski definition) is 2. The summed E-state index contributed by atoms with van der Waals surface area (Å²) in [6, 6.07) is 5.54. The Morgan fingerprint density at radius 2 is 2.29 bits per heavy atom. The molecule has 14 heavy (non-hydrogen) atoms. The summed E-state index contributed by atoms with van der Waals surface area (Å²) in [5.74, 6) is -0.782. The van der Waals surface area contributed by atoms with E-state index >= 15 is 0 Å². The topological polar surface area (TPSA) is 49.3 Å². The van der Waals surface area contributed by atoms with Crippen molar-refractivity contribution in [1.29, 1.82) is 0 Å². The van der Waals surface area contributed by atoms with Crippen molar-refractivity contribution in [3.8, 4) is 0 Å². The van der Waals surface area contributed by atoms with Crippen LogP contribution in [-0.4, -0.2) is 17.1 Å². The predicted molar refractivity (Wildman–Crippen MR) is 56.1 cm³/mol. The standard InChI is InChI=1S/C10H10BrNO2/c11-8-2-1-6-5-12-9(10(13)14)4-7(6)3-8/h1-3,9,12H,4-5H2,(H,13,14)/t9-/m0/s1. The molecule has 4 heteroatoms. The number of fused-ring (bicyclic) bond motifs is 1. The number of benzene rings is 1. The molecule has 1 aromatic rings. The van der Waals surface area contributed by atoms with Crippen LogP contribution in [0, 0.1) is 0 Å². The molecule has 0 spiro atoms. The van der Waals surface area contributed by atoms with Gasteiger partial charge in [-0.3, -0.25) is 4.79 Å². The number of carboxylic acid groups (broad SMARTS) is 1. The van der Waals surface area contributed by atoms with Crippen LogP contribution in [0.2, 0.25) is 0 Å². The highest BCUT2D eigenvalue weighted by molar-refractivity contribution is 9.10. The highest BCUT2D eigenvalue weighted by Crippen LogP contribution is 2.21. The van der Waals surface area contributed by atoms with E-state index in [2.05, 4.69) is 21.2 Å². The Morgan fingerprint density at radius 1 is 1.50 bits per heavy atom. The molecule has 1 aliphatic rings. The quantitative estimate of drug-likeness (QED) is 0.801. The van der Waals surface area contributed by atoms with Crippen LogP contribution in [0.15, 0.2) is 22.7 Å². The molecule has 1 atom stereocenters. The zero-order valence-corrected chi connectivity index (χ0v) is 9.04. The second-order valence-electron chi connectivity index (χ2n) is 3.39. The molecule has 2 rings (SSSR count). The van der Waals surface area contributed by atoms with Gasteiger partial charge in [-0.15, -0.1) is 0 Å². The van der Waals surface area contributed by atoms with Crippen LogP contribution in [0.1, 0.15) is 11.1 Å². The third-order valence-electron chi connectivity index (χ3n) is 2.43. The zero-order valence-electron chi connectivity index (χ0n) is 7.46. The molecule has 1 aliphatic heterocycles. The molecule has 1 heterocycles. The van der Waals surface area contributed by atoms with Gasteiger partial charge in [-0.05, 0) is 29.7 Å². The molecule has 0 unspecified atom stereocenters. The highest BCUT2D eigenvalue weighted by atomic mass is 79.9. The fourth-order valence-electron chi connectivity index (χ4n) is 1.66. The fourth-order valence-corrected chi connectivity index (χ4v) is 2.07. The molecule has 0 saturated heterocycles. The Bertz CT molecular complexity index is 378. The van der Waals surface area contributed by atoms with Crippen LogP contribution in [0.3, 0.4) is 0 Å². The van der Waals surface area contributed by atoms with Gasteiger partial charge in [-0.25, -0.2) is 0 Å². The van der Waals surface area contributed by atoms with Gasteiger partial charge >= 0.3 is 5.97 Å². The average Bonchev–Trinajstić information content (AvgIpc) is 2.16. The van der Waals surface area contributed by atoms with E-state index in [0.29, 0.717) is 13.0 Å². The van der Waals surface area contributed by atoms with E-state index in [1.807, 2.05) is 18.2 Å². The van der Waals surface area contributed by atoms with Gasteiger partial charge in [0.1, 0.15) is 6.04 Å². The molecule has 0 radical (unpaired) electrons. The van der Waals surface area contributed by atoms with Crippen molar-refractivity contribution >= 4 is 21.9 Å². The van der Waals surface area contributed by atoms with E-state index in [1.165, 1.54) is 5.56 Å². The molecular formula is C10H10BrNO2. The molecule has 74 valence electrons. The maximum Gasteiger partial charge on any atom is 0.321 e. The van der Waals surface area contributed by atoms with Gasteiger partial charge in [0, 0.05) is 11.0 Å². The van der Waals surface area contributed by atoms with Crippen molar-refractivity contribution < 1.29 is 9.90 Å². The molecule has 0 saturated carbocycles. The third-order valence-corrected chi connectivity index (χ3v) is 2.92. The Labute approximate surface area is 90.3 Å². The predicted octanol–water partition coefficient (Wildman–Crippen LogP) is 1.55. The van der Waals surface area contributed by atoms with Crippen molar-refractivity contribution in [2.24, 2.45) is 0 Å². The van der Waals surface area contributed by atoms with Crippen LogP contribution < -0.4 is 5.32 Å². The first-order chi connectivity index (χ1) is 6.66. The van der Waals surface area contributed by atoms with E-state index in [0.717, 1.165) is 10.0 Å². The Morgan fingerprint density at radius 3 is 3.00 bits per heavy atom.